The van der Waals surface area contributed by atoms with Crippen molar-refractivity contribution in [2.45, 2.75) is 6.61 Å². The van der Waals surface area contributed by atoms with Gasteiger partial charge >= 0.3 is 0 Å². The average Bonchev–Trinajstić information content (AvgIpc) is 2.82. The lowest BCUT2D eigenvalue weighted by Crippen LogP contribution is -1.98. The molecule has 0 unspecified atom stereocenters. The van der Waals surface area contributed by atoms with Crippen LogP contribution in [0.1, 0.15) is 5.56 Å². The van der Waals surface area contributed by atoms with E-state index in [0.717, 1.165) is 20.9 Å². The minimum Gasteiger partial charge on any atom is -0.485 e. The van der Waals surface area contributed by atoms with Crippen molar-refractivity contribution < 1.29 is 9.13 Å². The molecule has 0 bridgehead atoms. The van der Waals surface area contributed by atoms with E-state index in [4.69, 9.17) is 4.74 Å². The van der Waals surface area contributed by atoms with Crippen molar-refractivity contribution in [1.82, 2.24) is 4.57 Å². The van der Waals surface area contributed by atoms with Crippen molar-refractivity contribution in [3.05, 3.63) is 64.5 Å². The number of rotatable bonds is 3. The molecular formula is C16H13BrFNO. The van der Waals surface area contributed by atoms with E-state index in [9.17, 15) is 4.39 Å². The Bertz CT molecular complexity index is 752. The summed E-state index contributed by atoms with van der Waals surface area (Å²) in [6, 6.07) is 13.0. The van der Waals surface area contributed by atoms with Gasteiger partial charge in [0, 0.05) is 23.1 Å². The molecular weight excluding hydrogens is 321 g/mol. The van der Waals surface area contributed by atoms with Gasteiger partial charge in [-0.05, 0) is 33.6 Å². The lowest BCUT2D eigenvalue weighted by molar-refractivity contribution is 0.294. The highest BCUT2D eigenvalue weighted by Crippen LogP contribution is 2.35. The van der Waals surface area contributed by atoms with Crippen LogP contribution in [-0.2, 0) is 13.7 Å². The highest BCUT2D eigenvalue weighted by molar-refractivity contribution is 9.10. The summed E-state index contributed by atoms with van der Waals surface area (Å²) >= 11 is 3.39. The van der Waals surface area contributed by atoms with Crippen LogP contribution in [0.3, 0.4) is 0 Å². The molecule has 0 aliphatic rings. The monoisotopic (exact) mass is 333 g/mol. The van der Waals surface area contributed by atoms with Crippen molar-refractivity contribution in [2.75, 3.05) is 0 Å². The zero-order valence-corrected chi connectivity index (χ0v) is 12.5. The number of nitrogens with zero attached hydrogens (tertiary/aromatic N) is 1. The van der Waals surface area contributed by atoms with Crippen LogP contribution in [-0.4, -0.2) is 4.57 Å². The Morgan fingerprint density at radius 1 is 1.20 bits per heavy atom. The van der Waals surface area contributed by atoms with Crippen LogP contribution in [0.25, 0.3) is 10.9 Å². The second-order valence-electron chi connectivity index (χ2n) is 4.63. The Labute approximate surface area is 124 Å². The first kappa shape index (κ1) is 13.2. The number of halogens is 2. The molecule has 0 atom stereocenters. The van der Waals surface area contributed by atoms with E-state index in [1.54, 1.807) is 0 Å². The van der Waals surface area contributed by atoms with E-state index in [1.165, 1.54) is 6.07 Å². The quantitative estimate of drug-likeness (QED) is 0.680. The molecule has 3 aromatic rings. The van der Waals surface area contributed by atoms with Gasteiger partial charge < -0.3 is 9.30 Å². The van der Waals surface area contributed by atoms with Gasteiger partial charge in [0.15, 0.2) is 11.6 Å². The predicted octanol–water partition coefficient (Wildman–Crippen LogP) is 4.66. The van der Waals surface area contributed by atoms with Crippen LogP contribution in [0.15, 0.2) is 53.1 Å². The second-order valence-corrected chi connectivity index (χ2v) is 5.49. The third-order valence-corrected chi connectivity index (χ3v) is 3.84. The Hall–Kier alpha value is -1.81. The fraction of sp³-hybridized carbons (Fsp3) is 0.125. The highest BCUT2D eigenvalue weighted by atomic mass is 79.9. The van der Waals surface area contributed by atoms with Crippen LogP contribution in [0.2, 0.25) is 0 Å². The van der Waals surface area contributed by atoms with E-state index in [2.05, 4.69) is 15.9 Å². The summed E-state index contributed by atoms with van der Waals surface area (Å²) in [5.41, 5.74) is 1.94. The van der Waals surface area contributed by atoms with Gasteiger partial charge in [-0.1, -0.05) is 30.3 Å². The number of hydrogen-bond donors (Lipinski definition) is 0. The number of aryl methyl sites for hydroxylation is 1. The first-order valence-corrected chi connectivity index (χ1v) is 7.06. The molecule has 1 aromatic heterocycles. The number of benzene rings is 2. The van der Waals surface area contributed by atoms with Crippen LogP contribution in [0.5, 0.6) is 5.75 Å². The minimum atomic E-state index is -0.355. The fourth-order valence-electron chi connectivity index (χ4n) is 2.26. The average molecular weight is 334 g/mol. The third kappa shape index (κ3) is 2.31. The molecule has 0 N–H and O–H groups in total. The maximum absolute atomic E-state index is 14.1. The molecule has 0 fully saturated rings. The van der Waals surface area contributed by atoms with Crippen molar-refractivity contribution in [1.29, 1.82) is 0 Å². The Balaban J connectivity index is 1.99. The number of ether oxygens (including phenoxy) is 1. The van der Waals surface area contributed by atoms with Gasteiger partial charge in [-0.2, -0.15) is 0 Å². The summed E-state index contributed by atoms with van der Waals surface area (Å²) in [4.78, 5) is 0. The Morgan fingerprint density at radius 2 is 1.95 bits per heavy atom. The Morgan fingerprint density at radius 3 is 2.70 bits per heavy atom. The van der Waals surface area contributed by atoms with Gasteiger partial charge in [-0.15, -0.1) is 0 Å². The number of hydrogen-bond acceptors (Lipinski definition) is 1. The SMILES string of the molecule is Cn1ccc2c(OCc3ccccc3)c(F)cc(Br)c21. The molecule has 102 valence electrons. The summed E-state index contributed by atoms with van der Waals surface area (Å²) in [5, 5.41) is 0.773. The van der Waals surface area contributed by atoms with E-state index < -0.39 is 0 Å². The minimum absolute atomic E-state index is 0.299. The summed E-state index contributed by atoms with van der Waals surface area (Å²) in [6.07, 6.45) is 1.89. The molecule has 0 saturated carbocycles. The number of fused-ring (bicyclic) bond motifs is 1. The third-order valence-electron chi connectivity index (χ3n) is 3.24. The van der Waals surface area contributed by atoms with E-state index in [0.29, 0.717) is 12.4 Å². The first-order valence-electron chi connectivity index (χ1n) is 6.26. The first-order chi connectivity index (χ1) is 9.66. The predicted molar refractivity (Wildman–Crippen MR) is 81.4 cm³/mol. The van der Waals surface area contributed by atoms with E-state index in [-0.39, 0.29) is 5.82 Å². The molecule has 1 heterocycles. The molecule has 0 saturated heterocycles. The van der Waals surface area contributed by atoms with Crippen molar-refractivity contribution in [2.24, 2.45) is 7.05 Å². The normalized spacial score (nSPS) is 10.9. The summed E-state index contributed by atoms with van der Waals surface area (Å²) < 4.78 is 22.5. The van der Waals surface area contributed by atoms with Crippen molar-refractivity contribution >= 4 is 26.8 Å². The maximum Gasteiger partial charge on any atom is 0.166 e. The van der Waals surface area contributed by atoms with Crippen LogP contribution < -0.4 is 4.74 Å². The topological polar surface area (TPSA) is 14.2 Å². The lowest BCUT2D eigenvalue weighted by Gasteiger charge is -2.10. The van der Waals surface area contributed by atoms with E-state index in [1.807, 2.05) is 54.2 Å². The standard InChI is InChI=1S/C16H13BrFNO/c1-19-8-7-12-15(19)13(17)9-14(18)16(12)20-10-11-5-3-2-4-6-11/h2-9H,10H2,1H3. The largest absolute Gasteiger partial charge is 0.485 e. The van der Waals surface area contributed by atoms with E-state index >= 15 is 0 Å². The lowest BCUT2D eigenvalue weighted by atomic mass is 10.2. The van der Waals surface area contributed by atoms with Crippen LogP contribution in [0.4, 0.5) is 4.39 Å². The molecule has 4 heteroatoms. The maximum atomic E-state index is 14.1. The zero-order valence-electron chi connectivity index (χ0n) is 10.9. The summed E-state index contributed by atoms with van der Waals surface area (Å²) in [5.74, 6) is -0.0563. The molecule has 2 nitrogen and oxygen atoms in total. The van der Waals surface area contributed by atoms with Gasteiger partial charge in [0.05, 0.1) is 5.52 Å². The second kappa shape index (κ2) is 5.29. The van der Waals surface area contributed by atoms with Gasteiger partial charge in [0.2, 0.25) is 0 Å². The Kier molecular flexibility index (Phi) is 3.49. The van der Waals surface area contributed by atoms with Gasteiger partial charge in [-0.25, -0.2) is 4.39 Å². The summed E-state index contributed by atoms with van der Waals surface area (Å²) in [7, 11) is 1.92. The fourth-order valence-corrected chi connectivity index (χ4v) is 2.95. The van der Waals surface area contributed by atoms with Crippen LogP contribution >= 0.6 is 15.9 Å². The van der Waals surface area contributed by atoms with Crippen molar-refractivity contribution in [3.63, 3.8) is 0 Å². The molecule has 0 spiro atoms. The molecule has 0 aliphatic heterocycles. The van der Waals surface area contributed by atoms with Gasteiger partial charge in [0.1, 0.15) is 6.61 Å². The molecule has 20 heavy (non-hydrogen) atoms. The molecule has 0 amide bonds. The zero-order chi connectivity index (χ0) is 14.1. The highest BCUT2D eigenvalue weighted by Gasteiger charge is 2.14. The molecule has 0 aliphatic carbocycles. The number of aromatic nitrogens is 1. The van der Waals surface area contributed by atoms with Crippen LogP contribution in [0, 0.1) is 5.82 Å². The summed E-state index contributed by atoms with van der Waals surface area (Å²) in [6.45, 7) is 0.351. The smallest absolute Gasteiger partial charge is 0.166 e. The molecule has 2 aromatic carbocycles. The molecule has 3 rings (SSSR count). The van der Waals surface area contributed by atoms with Crippen molar-refractivity contribution in [3.8, 4) is 5.75 Å². The molecule has 0 radical (unpaired) electrons. The van der Waals surface area contributed by atoms with Gasteiger partial charge in [-0.3, -0.25) is 0 Å². The van der Waals surface area contributed by atoms with Gasteiger partial charge in [0.25, 0.3) is 0 Å².